The highest BCUT2D eigenvalue weighted by atomic mass is 79.9. The van der Waals surface area contributed by atoms with Gasteiger partial charge >= 0.3 is 0 Å². The number of aromatic amines is 2. The van der Waals surface area contributed by atoms with Gasteiger partial charge in [0, 0.05) is 28.3 Å². The fourth-order valence-electron chi connectivity index (χ4n) is 2.42. The van der Waals surface area contributed by atoms with Crippen LogP contribution in [0.1, 0.15) is 22.9 Å². The fourth-order valence-corrected chi connectivity index (χ4v) is 3.01. The lowest BCUT2D eigenvalue weighted by molar-refractivity contribution is 0.414. The quantitative estimate of drug-likeness (QED) is 0.735. The molecule has 0 saturated heterocycles. The smallest absolute Gasteiger partial charge is 0.120 e. The lowest BCUT2D eigenvalue weighted by atomic mass is 9.92. The van der Waals surface area contributed by atoms with Crippen LogP contribution in [0.25, 0.3) is 0 Å². The molecule has 0 atom stereocenters. The van der Waals surface area contributed by atoms with Crippen molar-refractivity contribution in [2.24, 2.45) is 0 Å². The molecule has 0 saturated carbocycles. The summed E-state index contributed by atoms with van der Waals surface area (Å²) in [4.78, 5) is 6.62. The molecular formula is C16H15BrN2O. The van der Waals surface area contributed by atoms with Crippen molar-refractivity contribution in [3.63, 3.8) is 0 Å². The highest BCUT2D eigenvalue weighted by Crippen LogP contribution is 2.36. The summed E-state index contributed by atoms with van der Waals surface area (Å²) in [6.45, 7) is 0. The Morgan fingerprint density at radius 3 is 2.10 bits per heavy atom. The van der Waals surface area contributed by atoms with Gasteiger partial charge in [0.15, 0.2) is 0 Å². The Labute approximate surface area is 126 Å². The molecule has 0 radical (unpaired) electrons. The van der Waals surface area contributed by atoms with Crippen molar-refractivity contribution in [3.05, 3.63) is 76.3 Å². The van der Waals surface area contributed by atoms with Crippen LogP contribution in [-0.2, 0) is 0 Å². The second-order valence-corrected chi connectivity index (χ2v) is 5.43. The van der Waals surface area contributed by atoms with Gasteiger partial charge in [-0.05, 0) is 42.0 Å². The van der Waals surface area contributed by atoms with Crippen molar-refractivity contribution in [1.29, 1.82) is 0 Å². The van der Waals surface area contributed by atoms with Gasteiger partial charge in [0.2, 0.25) is 0 Å². The summed E-state index contributed by atoms with van der Waals surface area (Å²) in [5, 5.41) is 0. The Morgan fingerprint density at radius 2 is 1.65 bits per heavy atom. The van der Waals surface area contributed by atoms with E-state index < -0.39 is 0 Å². The first-order valence-electron chi connectivity index (χ1n) is 6.39. The number of methoxy groups -OCH3 is 1. The van der Waals surface area contributed by atoms with Crippen molar-refractivity contribution in [3.8, 4) is 5.75 Å². The van der Waals surface area contributed by atoms with Crippen LogP contribution >= 0.6 is 15.9 Å². The number of benzene rings is 1. The molecule has 2 N–H and O–H groups in total. The van der Waals surface area contributed by atoms with E-state index in [0.29, 0.717) is 0 Å². The zero-order valence-electron chi connectivity index (χ0n) is 11.1. The number of H-pyrrole nitrogens is 2. The summed E-state index contributed by atoms with van der Waals surface area (Å²) >= 11 is 3.65. The molecule has 102 valence electrons. The molecular weight excluding hydrogens is 316 g/mol. The van der Waals surface area contributed by atoms with Crippen LogP contribution in [0.2, 0.25) is 0 Å². The maximum Gasteiger partial charge on any atom is 0.120 e. The number of hydrogen-bond acceptors (Lipinski definition) is 1. The Bertz CT molecular complexity index is 640. The van der Waals surface area contributed by atoms with E-state index in [1.165, 1.54) is 5.56 Å². The van der Waals surface area contributed by atoms with E-state index in [-0.39, 0.29) is 5.92 Å². The lowest BCUT2D eigenvalue weighted by Crippen LogP contribution is -2.05. The third kappa shape index (κ3) is 2.39. The standard InChI is InChI=1S/C16H15BrN2O/c1-20-11-6-7-12(13(17)10-11)16(14-4-2-8-18-14)15-5-3-9-19-15/h2-10,16,18-19H,1H3. The Hall–Kier alpha value is -1.94. The molecule has 0 aliphatic rings. The molecule has 1 aromatic carbocycles. The molecule has 0 spiro atoms. The summed E-state index contributed by atoms with van der Waals surface area (Å²) in [5.41, 5.74) is 3.49. The van der Waals surface area contributed by atoms with Gasteiger partial charge in [-0.2, -0.15) is 0 Å². The van der Waals surface area contributed by atoms with Crippen molar-refractivity contribution >= 4 is 15.9 Å². The molecule has 3 nitrogen and oxygen atoms in total. The highest BCUT2D eigenvalue weighted by Gasteiger charge is 2.21. The summed E-state index contributed by atoms with van der Waals surface area (Å²) in [6, 6.07) is 14.3. The molecule has 0 amide bonds. The maximum atomic E-state index is 5.27. The SMILES string of the molecule is COc1ccc(C(c2ccc[nH]2)c2ccc[nH]2)c(Br)c1. The number of rotatable bonds is 4. The van der Waals surface area contributed by atoms with Gasteiger partial charge in [0.05, 0.1) is 13.0 Å². The molecule has 0 unspecified atom stereocenters. The largest absolute Gasteiger partial charge is 0.497 e. The predicted molar refractivity (Wildman–Crippen MR) is 83.2 cm³/mol. The van der Waals surface area contributed by atoms with Gasteiger partial charge in [-0.15, -0.1) is 0 Å². The zero-order chi connectivity index (χ0) is 13.9. The molecule has 0 fully saturated rings. The van der Waals surface area contributed by atoms with E-state index in [9.17, 15) is 0 Å². The van der Waals surface area contributed by atoms with Crippen molar-refractivity contribution in [2.75, 3.05) is 7.11 Å². The van der Waals surface area contributed by atoms with E-state index in [1.54, 1.807) is 7.11 Å². The van der Waals surface area contributed by atoms with Crippen molar-refractivity contribution in [1.82, 2.24) is 9.97 Å². The van der Waals surface area contributed by atoms with E-state index in [1.807, 2.05) is 36.7 Å². The van der Waals surface area contributed by atoms with Crippen LogP contribution in [0.4, 0.5) is 0 Å². The number of nitrogens with one attached hydrogen (secondary N) is 2. The van der Waals surface area contributed by atoms with Gasteiger partial charge in [-0.25, -0.2) is 0 Å². The molecule has 0 bridgehead atoms. The molecule has 20 heavy (non-hydrogen) atoms. The summed E-state index contributed by atoms with van der Waals surface area (Å²) in [7, 11) is 1.68. The third-order valence-corrected chi connectivity index (χ3v) is 4.07. The minimum atomic E-state index is 0.139. The average Bonchev–Trinajstić information content (AvgIpc) is 3.14. The van der Waals surface area contributed by atoms with Crippen LogP contribution in [-0.4, -0.2) is 17.1 Å². The van der Waals surface area contributed by atoms with Crippen LogP contribution in [0, 0.1) is 0 Å². The van der Waals surface area contributed by atoms with Crippen LogP contribution < -0.4 is 4.74 Å². The molecule has 3 rings (SSSR count). The minimum Gasteiger partial charge on any atom is -0.497 e. The van der Waals surface area contributed by atoms with Gasteiger partial charge in [-0.1, -0.05) is 22.0 Å². The van der Waals surface area contributed by atoms with E-state index in [0.717, 1.165) is 21.6 Å². The second kappa shape index (κ2) is 5.59. The number of ether oxygens (including phenoxy) is 1. The first-order chi connectivity index (χ1) is 9.79. The molecule has 2 aromatic heterocycles. The second-order valence-electron chi connectivity index (χ2n) is 4.57. The minimum absolute atomic E-state index is 0.139. The van der Waals surface area contributed by atoms with Gasteiger partial charge in [0.1, 0.15) is 5.75 Å². The Morgan fingerprint density at radius 1 is 1.00 bits per heavy atom. The topological polar surface area (TPSA) is 40.8 Å². The monoisotopic (exact) mass is 330 g/mol. The maximum absolute atomic E-state index is 5.27. The zero-order valence-corrected chi connectivity index (χ0v) is 12.6. The lowest BCUT2D eigenvalue weighted by Gasteiger charge is -2.17. The van der Waals surface area contributed by atoms with Crippen LogP contribution in [0.5, 0.6) is 5.75 Å². The Balaban J connectivity index is 2.11. The first-order valence-corrected chi connectivity index (χ1v) is 7.19. The molecule has 0 aliphatic heterocycles. The van der Waals surface area contributed by atoms with Crippen LogP contribution in [0.15, 0.2) is 59.3 Å². The molecule has 2 heterocycles. The fraction of sp³-hybridized carbons (Fsp3) is 0.125. The van der Waals surface area contributed by atoms with Gasteiger partial charge < -0.3 is 14.7 Å². The summed E-state index contributed by atoms with van der Waals surface area (Å²) in [6.07, 6.45) is 3.89. The number of halogens is 1. The van der Waals surface area contributed by atoms with E-state index in [4.69, 9.17) is 4.74 Å². The Kier molecular flexibility index (Phi) is 3.65. The first kappa shape index (κ1) is 13.1. The van der Waals surface area contributed by atoms with Crippen LogP contribution in [0.3, 0.4) is 0 Å². The van der Waals surface area contributed by atoms with Gasteiger partial charge in [0.25, 0.3) is 0 Å². The van der Waals surface area contributed by atoms with Crippen molar-refractivity contribution in [2.45, 2.75) is 5.92 Å². The van der Waals surface area contributed by atoms with E-state index >= 15 is 0 Å². The average molecular weight is 331 g/mol. The predicted octanol–water partition coefficient (Wildman–Crippen LogP) is 4.29. The highest BCUT2D eigenvalue weighted by molar-refractivity contribution is 9.10. The van der Waals surface area contributed by atoms with Crippen molar-refractivity contribution < 1.29 is 4.74 Å². The number of hydrogen-bond donors (Lipinski definition) is 2. The molecule has 0 aliphatic carbocycles. The summed E-state index contributed by atoms with van der Waals surface area (Å²) < 4.78 is 6.30. The number of aromatic nitrogens is 2. The normalized spacial score (nSPS) is 10.9. The summed E-state index contributed by atoms with van der Waals surface area (Å²) in [5.74, 6) is 0.984. The van der Waals surface area contributed by atoms with Gasteiger partial charge in [-0.3, -0.25) is 0 Å². The third-order valence-electron chi connectivity index (χ3n) is 3.38. The molecule has 3 aromatic rings. The van der Waals surface area contributed by atoms with E-state index in [2.05, 4.69) is 44.1 Å². The molecule has 4 heteroatoms.